The van der Waals surface area contributed by atoms with E-state index in [0.717, 1.165) is 12.6 Å². The molecule has 0 bridgehead atoms. The molecule has 1 heterocycles. The van der Waals surface area contributed by atoms with Crippen molar-refractivity contribution in [1.29, 1.82) is 0 Å². The van der Waals surface area contributed by atoms with Gasteiger partial charge in [0.05, 0.1) is 0 Å². The average Bonchev–Trinajstić information content (AvgIpc) is 2.28. The van der Waals surface area contributed by atoms with Crippen LogP contribution in [0.15, 0.2) is 0 Å². The van der Waals surface area contributed by atoms with Gasteiger partial charge in [0.1, 0.15) is 0 Å². The van der Waals surface area contributed by atoms with Gasteiger partial charge >= 0.3 is 0 Å². The predicted molar refractivity (Wildman–Crippen MR) is 71.9 cm³/mol. The highest BCUT2D eigenvalue weighted by atomic mass is 15.2. The van der Waals surface area contributed by atoms with Crippen molar-refractivity contribution in [3.05, 3.63) is 0 Å². The molecule has 0 amide bonds. The van der Waals surface area contributed by atoms with Crippen molar-refractivity contribution in [2.24, 2.45) is 0 Å². The second kappa shape index (κ2) is 7.29. The van der Waals surface area contributed by atoms with Crippen LogP contribution < -0.4 is 5.32 Å². The van der Waals surface area contributed by atoms with Crippen LogP contribution in [0.25, 0.3) is 0 Å². The largest absolute Gasteiger partial charge is 0.311 e. The Morgan fingerprint density at radius 3 is 2.56 bits per heavy atom. The molecule has 1 fully saturated rings. The van der Waals surface area contributed by atoms with Crippen molar-refractivity contribution in [2.45, 2.75) is 77.9 Å². The molecule has 0 spiro atoms. The number of nitrogens with zero attached hydrogens (tertiary/aromatic N) is 1. The zero-order chi connectivity index (χ0) is 12.0. The molecule has 1 aliphatic rings. The van der Waals surface area contributed by atoms with Crippen molar-refractivity contribution in [3.8, 4) is 0 Å². The first-order valence-corrected chi connectivity index (χ1v) is 7.18. The van der Waals surface area contributed by atoms with E-state index in [4.69, 9.17) is 0 Å². The molecular formula is C14H30N2. The quantitative estimate of drug-likeness (QED) is 0.749. The minimum atomic E-state index is 0.664. The Hall–Kier alpha value is -0.0800. The third kappa shape index (κ3) is 4.06. The molecule has 0 saturated carbocycles. The number of piperazine rings is 1. The molecule has 0 radical (unpaired) electrons. The molecular weight excluding hydrogens is 196 g/mol. The molecule has 0 aromatic carbocycles. The van der Waals surface area contributed by atoms with Gasteiger partial charge in [-0.15, -0.1) is 0 Å². The Bertz CT molecular complexity index is 182. The van der Waals surface area contributed by atoms with Crippen molar-refractivity contribution < 1.29 is 0 Å². The van der Waals surface area contributed by atoms with E-state index in [9.17, 15) is 0 Å². The Balaban J connectivity index is 2.52. The average molecular weight is 226 g/mol. The number of nitrogens with one attached hydrogen (secondary N) is 1. The smallest absolute Gasteiger partial charge is 0.0196 e. The normalized spacial score (nSPS) is 29.2. The summed E-state index contributed by atoms with van der Waals surface area (Å²) in [5, 5.41) is 3.57. The number of rotatable bonds is 6. The van der Waals surface area contributed by atoms with Gasteiger partial charge in [0.15, 0.2) is 0 Å². The molecule has 2 nitrogen and oxygen atoms in total. The van der Waals surface area contributed by atoms with Gasteiger partial charge in [0.25, 0.3) is 0 Å². The molecule has 1 N–H and O–H groups in total. The third-order valence-corrected chi connectivity index (χ3v) is 3.79. The van der Waals surface area contributed by atoms with E-state index in [1.54, 1.807) is 0 Å². The van der Waals surface area contributed by atoms with Gasteiger partial charge in [-0.3, -0.25) is 4.90 Å². The molecule has 3 atom stereocenters. The summed E-state index contributed by atoms with van der Waals surface area (Å²) in [5.74, 6) is 0. The van der Waals surface area contributed by atoms with Crippen LogP contribution in [0.3, 0.4) is 0 Å². The van der Waals surface area contributed by atoms with Crippen LogP contribution in [-0.4, -0.2) is 36.1 Å². The van der Waals surface area contributed by atoms with Crippen molar-refractivity contribution in [3.63, 3.8) is 0 Å². The van der Waals surface area contributed by atoms with E-state index < -0.39 is 0 Å². The lowest BCUT2D eigenvalue weighted by Gasteiger charge is -2.42. The lowest BCUT2D eigenvalue weighted by molar-refractivity contribution is 0.0832. The molecule has 1 aliphatic heterocycles. The highest BCUT2D eigenvalue weighted by Crippen LogP contribution is 2.19. The fourth-order valence-electron chi connectivity index (χ4n) is 2.81. The van der Waals surface area contributed by atoms with Crippen LogP contribution in [0.1, 0.15) is 59.8 Å². The summed E-state index contributed by atoms with van der Waals surface area (Å²) in [6.07, 6.45) is 6.80. The maximum absolute atomic E-state index is 3.57. The van der Waals surface area contributed by atoms with E-state index in [0.29, 0.717) is 12.1 Å². The van der Waals surface area contributed by atoms with Crippen LogP contribution >= 0.6 is 0 Å². The summed E-state index contributed by atoms with van der Waals surface area (Å²) in [5.41, 5.74) is 0. The summed E-state index contributed by atoms with van der Waals surface area (Å²) in [6.45, 7) is 11.7. The Labute approximate surface area is 102 Å². The van der Waals surface area contributed by atoms with E-state index in [2.05, 4.69) is 37.9 Å². The second-order valence-electron chi connectivity index (χ2n) is 5.44. The second-order valence-corrected chi connectivity index (χ2v) is 5.44. The zero-order valence-electron chi connectivity index (χ0n) is 11.6. The maximum atomic E-state index is 3.57. The number of hydrogen-bond acceptors (Lipinski definition) is 2. The highest BCUT2D eigenvalue weighted by molar-refractivity contribution is 4.86. The fraction of sp³-hybridized carbons (Fsp3) is 1.00. The summed E-state index contributed by atoms with van der Waals surface area (Å²) < 4.78 is 0. The van der Waals surface area contributed by atoms with Crippen LogP contribution in [0, 0.1) is 0 Å². The van der Waals surface area contributed by atoms with Gasteiger partial charge in [-0.05, 0) is 26.7 Å². The molecule has 2 heteroatoms. The van der Waals surface area contributed by atoms with E-state index in [1.165, 1.54) is 38.6 Å². The van der Waals surface area contributed by atoms with Crippen molar-refractivity contribution >= 4 is 0 Å². The Morgan fingerprint density at radius 2 is 1.94 bits per heavy atom. The monoisotopic (exact) mass is 226 g/mol. The maximum Gasteiger partial charge on any atom is 0.0196 e. The molecule has 1 saturated heterocycles. The molecule has 16 heavy (non-hydrogen) atoms. The summed E-state index contributed by atoms with van der Waals surface area (Å²) in [6, 6.07) is 2.20. The van der Waals surface area contributed by atoms with Gasteiger partial charge in [-0.2, -0.15) is 0 Å². The van der Waals surface area contributed by atoms with E-state index >= 15 is 0 Å². The first kappa shape index (κ1) is 14.0. The first-order chi connectivity index (χ1) is 7.69. The van der Waals surface area contributed by atoms with Crippen LogP contribution in [0.4, 0.5) is 0 Å². The molecule has 3 unspecified atom stereocenters. The van der Waals surface area contributed by atoms with Gasteiger partial charge in [0.2, 0.25) is 0 Å². The van der Waals surface area contributed by atoms with Gasteiger partial charge in [0, 0.05) is 31.2 Å². The molecule has 0 aromatic heterocycles. The lowest BCUT2D eigenvalue weighted by atomic mass is 9.99. The molecule has 1 rings (SSSR count). The van der Waals surface area contributed by atoms with Crippen molar-refractivity contribution in [2.75, 3.05) is 13.1 Å². The minimum Gasteiger partial charge on any atom is -0.311 e. The van der Waals surface area contributed by atoms with Gasteiger partial charge in [-0.25, -0.2) is 0 Å². The SMILES string of the molecule is CCCCC(CCC)N1CC(C)NCC1C. The first-order valence-electron chi connectivity index (χ1n) is 7.18. The number of unbranched alkanes of at least 4 members (excludes halogenated alkanes) is 1. The van der Waals surface area contributed by atoms with Crippen LogP contribution in [0.2, 0.25) is 0 Å². The summed E-state index contributed by atoms with van der Waals surface area (Å²) in [4.78, 5) is 2.75. The standard InChI is InChI=1S/C14H30N2/c1-5-7-9-14(8-6-2)16-11-12(3)15-10-13(16)4/h12-15H,5-11H2,1-4H3. The number of hydrogen-bond donors (Lipinski definition) is 1. The summed E-state index contributed by atoms with van der Waals surface area (Å²) in [7, 11) is 0. The third-order valence-electron chi connectivity index (χ3n) is 3.79. The molecule has 96 valence electrons. The Morgan fingerprint density at radius 1 is 1.19 bits per heavy atom. The van der Waals surface area contributed by atoms with Gasteiger partial charge in [-0.1, -0.05) is 33.1 Å². The van der Waals surface area contributed by atoms with Crippen molar-refractivity contribution in [1.82, 2.24) is 10.2 Å². The molecule has 0 aromatic rings. The predicted octanol–water partition coefficient (Wildman–Crippen LogP) is 3.03. The zero-order valence-corrected chi connectivity index (χ0v) is 11.6. The van der Waals surface area contributed by atoms with Crippen LogP contribution in [-0.2, 0) is 0 Å². The minimum absolute atomic E-state index is 0.664. The van der Waals surface area contributed by atoms with E-state index in [-0.39, 0.29) is 0 Å². The fourth-order valence-corrected chi connectivity index (χ4v) is 2.81. The van der Waals surface area contributed by atoms with E-state index in [1.807, 2.05) is 0 Å². The van der Waals surface area contributed by atoms with Gasteiger partial charge < -0.3 is 5.32 Å². The topological polar surface area (TPSA) is 15.3 Å². The van der Waals surface area contributed by atoms with Crippen LogP contribution in [0.5, 0.6) is 0 Å². The lowest BCUT2D eigenvalue weighted by Crippen LogP contribution is -2.57. The Kier molecular flexibility index (Phi) is 6.37. The summed E-state index contributed by atoms with van der Waals surface area (Å²) >= 11 is 0. The highest BCUT2D eigenvalue weighted by Gasteiger charge is 2.27. The molecule has 0 aliphatic carbocycles.